The van der Waals surface area contributed by atoms with Crippen molar-refractivity contribution in [2.45, 2.75) is 204 Å². The first kappa shape index (κ1) is 47.9. The van der Waals surface area contributed by atoms with Crippen molar-refractivity contribution in [2.75, 3.05) is 20.8 Å². The molecular formula is C48H74O14. The summed E-state index contributed by atoms with van der Waals surface area (Å²) in [6.45, 7) is 16.3. The molecule has 5 fully saturated rings. The van der Waals surface area contributed by atoms with Gasteiger partial charge in [0.2, 0.25) is 0 Å². The van der Waals surface area contributed by atoms with E-state index in [2.05, 4.69) is 40.7 Å². The summed E-state index contributed by atoms with van der Waals surface area (Å²) in [6.07, 6.45) is 6.53. The number of allylic oxidation sites excluding steroid dienone is 2. The van der Waals surface area contributed by atoms with Gasteiger partial charge in [-0.2, -0.15) is 0 Å². The highest BCUT2D eigenvalue weighted by Crippen LogP contribution is 2.48. The largest absolute Gasteiger partial charge is 0.462 e. The van der Waals surface area contributed by atoms with Crippen LogP contribution in [0.2, 0.25) is 0 Å². The lowest BCUT2D eigenvalue weighted by molar-refractivity contribution is -0.340. The number of aliphatic hydroxyl groups excluding tert-OH is 2. The van der Waals surface area contributed by atoms with Crippen LogP contribution < -0.4 is 0 Å². The van der Waals surface area contributed by atoms with E-state index < -0.39 is 90.8 Å². The standard InChI is InChI=1S/C48H74O14/c1-11-25(2)43-28(5)17-18-47(62-43)23-34-20-33(61-47)16-15-27(4)42(26(3)13-12-14-32-24-55-45-40(49)29(6)19-35(46(51)58-34)48(32,45)52)59-39-22-37(54-10)44(31(8)57-39)60-38-21-36(53-9)41(50)30(7)56-38/h12-15,19,25-26,28,30-31,33-45,49-50,52H,11,16-18,20-24H2,1-10H3/b13-12+,27-15+,32-14+/t25-,26-,28-,30-,31-,33-,34-,35-,36-,37-,38-,39-,40+,41-,42-,43+,44-,45+,47-,48+/m0/s1. The van der Waals surface area contributed by atoms with Crippen molar-refractivity contribution in [3.63, 3.8) is 0 Å². The zero-order valence-electron chi connectivity index (χ0n) is 38.5. The fourth-order valence-corrected chi connectivity index (χ4v) is 11.0. The zero-order valence-corrected chi connectivity index (χ0v) is 38.5. The lowest BCUT2D eigenvalue weighted by atomic mass is 9.71. The number of carbonyl (C=O) groups is 1. The van der Waals surface area contributed by atoms with Gasteiger partial charge in [0.15, 0.2) is 18.4 Å². The summed E-state index contributed by atoms with van der Waals surface area (Å²) in [5.74, 6) is -2.10. The molecule has 350 valence electrons. The summed E-state index contributed by atoms with van der Waals surface area (Å²) >= 11 is 0. The second-order valence-electron chi connectivity index (χ2n) is 19.4. The lowest BCUT2D eigenvalue weighted by Gasteiger charge is -2.51. The van der Waals surface area contributed by atoms with E-state index in [-0.39, 0.29) is 30.8 Å². The number of hydrogen-bond donors (Lipinski definition) is 3. The van der Waals surface area contributed by atoms with E-state index in [4.69, 9.17) is 47.4 Å². The SMILES string of the molecule is CC[C@H](C)[C@H]1O[C@@]2(CC[C@@H]1C)C[C@@H]1C[C@H](C/C=C(\C)[C@@H](O[C@H]3C[C@H](OC)[C@@H](O[C@H]4C[C@H](OC)[C@@H](O)[C@H](C)O4)[C@H](C)O3)[C@@H](C)/C=C/C=C3\CO[C@@H]4[C@H](O)C(C)=C[C@@H](C(=O)O1)[C@]34O)O2. The molecule has 7 rings (SSSR count). The van der Waals surface area contributed by atoms with Gasteiger partial charge in [0.1, 0.15) is 42.0 Å². The predicted octanol–water partition coefficient (Wildman–Crippen LogP) is 5.60. The van der Waals surface area contributed by atoms with E-state index >= 15 is 0 Å². The van der Waals surface area contributed by atoms with Gasteiger partial charge in [-0.3, -0.25) is 4.79 Å². The Kier molecular flexibility index (Phi) is 15.3. The second-order valence-corrected chi connectivity index (χ2v) is 19.4. The van der Waals surface area contributed by atoms with Crippen molar-refractivity contribution >= 4 is 5.97 Å². The molecule has 0 aromatic heterocycles. The second kappa shape index (κ2) is 19.8. The van der Waals surface area contributed by atoms with Gasteiger partial charge in [-0.15, -0.1) is 0 Å². The Labute approximate surface area is 368 Å². The first-order valence-electron chi connectivity index (χ1n) is 23.2. The number of methoxy groups -OCH3 is 2. The summed E-state index contributed by atoms with van der Waals surface area (Å²) in [5.41, 5.74) is 0.188. The molecule has 2 bridgehead atoms. The number of fused-ring (bicyclic) bond motifs is 2. The van der Waals surface area contributed by atoms with Crippen LogP contribution >= 0.6 is 0 Å². The maximum Gasteiger partial charge on any atom is 0.316 e. The molecule has 14 heteroatoms. The molecule has 0 amide bonds. The molecule has 0 aromatic rings. The highest BCUT2D eigenvalue weighted by Gasteiger charge is 2.60. The Morgan fingerprint density at radius 1 is 0.919 bits per heavy atom. The average Bonchev–Trinajstić information content (AvgIpc) is 3.58. The molecule has 0 unspecified atom stereocenters. The molecule has 7 aliphatic rings. The molecule has 1 aliphatic carbocycles. The molecule has 0 aromatic carbocycles. The van der Waals surface area contributed by atoms with E-state index in [1.165, 1.54) is 0 Å². The van der Waals surface area contributed by atoms with Crippen molar-refractivity contribution in [1.29, 1.82) is 0 Å². The maximum absolute atomic E-state index is 14.4. The Balaban J connectivity index is 1.18. The summed E-state index contributed by atoms with van der Waals surface area (Å²) in [5, 5.41) is 34.2. The first-order chi connectivity index (χ1) is 29.5. The summed E-state index contributed by atoms with van der Waals surface area (Å²) in [7, 11) is 3.23. The van der Waals surface area contributed by atoms with Crippen LogP contribution in [-0.2, 0) is 52.2 Å². The Bertz CT molecular complexity index is 1680. The number of hydrogen-bond acceptors (Lipinski definition) is 14. The smallest absolute Gasteiger partial charge is 0.316 e. The summed E-state index contributed by atoms with van der Waals surface area (Å²) in [4.78, 5) is 14.4. The van der Waals surface area contributed by atoms with E-state index in [1.807, 2.05) is 19.1 Å². The number of carbonyl (C=O) groups excluding carboxylic acids is 1. The predicted molar refractivity (Wildman–Crippen MR) is 227 cm³/mol. The monoisotopic (exact) mass is 875 g/mol. The van der Waals surface area contributed by atoms with E-state index in [0.29, 0.717) is 61.5 Å². The molecule has 5 saturated heterocycles. The van der Waals surface area contributed by atoms with Gasteiger partial charge in [-0.1, -0.05) is 64.5 Å². The Morgan fingerprint density at radius 3 is 2.35 bits per heavy atom. The molecular weight excluding hydrogens is 801 g/mol. The molecule has 6 aliphatic heterocycles. The molecule has 3 N–H and O–H groups in total. The van der Waals surface area contributed by atoms with E-state index in [9.17, 15) is 20.1 Å². The summed E-state index contributed by atoms with van der Waals surface area (Å²) < 4.78 is 63.9. The number of rotatable bonds is 8. The minimum Gasteiger partial charge on any atom is -0.462 e. The van der Waals surface area contributed by atoms with Crippen molar-refractivity contribution in [1.82, 2.24) is 0 Å². The van der Waals surface area contributed by atoms with Crippen LogP contribution in [0.1, 0.15) is 107 Å². The third-order valence-electron chi connectivity index (χ3n) is 14.9. The summed E-state index contributed by atoms with van der Waals surface area (Å²) in [6, 6.07) is 0. The van der Waals surface area contributed by atoms with Gasteiger partial charge in [0.05, 0.1) is 49.3 Å². The van der Waals surface area contributed by atoms with Crippen LogP contribution in [-0.4, -0.2) is 139 Å². The molecule has 0 radical (unpaired) electrons. The van der Waals surface area contributed by atoms with Gasteiger partial charge < -0.3 is 62.7 Å². The fraction of sp³-hybridized carbons (Fsp3) is 0.812. The van der Waals surface area contributed by atoms with E-state index in [0.717, 1.165) is 18.4 Å². The topological polar surface area (TPSA) is 170 Å². The van der Waals surface area contributed by atoms with Crippen molar-refractivity contribution < 1.29 is 67.5 Å². The van der Waals surface area contributed by atoms with Crippen LogP contribution in [0.15, 0.2) is 47.1 Å². The maximum atomic E-state index is 14.4. The zero-order chi connectivity index (χ0) is 44.7. The van der Waals surface area contributed by atoms with Gasteiger partial charge in [-0.05, 0) is 69.1 Å². The quantitative estimate of drug-likeness (QED) is 0.204. The number of esters is 1. The van der Waals surface area contributed by atoms with Crippen LogP contribution in [0.25, 0.3) is 0 Å². The molecule has 20 atom stereocenters. The van der Waals surface area contributed by atoms with Crippen LogP contribution in [0.4, 0.5) is 0 Å². The van der Waals surface area contributed by atoms with Crippen molar-refractivity contribution in [3.05, 3.63) is 47.1 Å². The highest BCUT2D eigenvalue weighted by atomic mass is 16.7. The molecule has 0 saturated carbocycles. The van der Waals surface area contributed by atoms with Gasteiger partial charge >= 0.3 is 5.97 Å². The van der Waals surface area contributed by atoms with Gasteiger partial charge in [0.25, 0.3) is 0 Å². The first-order valence-corrected chi connectivity index (χ1v) is 23.2. The number of aliphatic hydroxyl groups is 3. The Hall–Kier alpha value is -2.05. The molecule has 1 spiro atoms. The third-order valence-corrected chi connectivity index (χ3v) is 14.9. The normalized spacial score (nSPS) is 49.4. The van der Waals surface area contributed by atoms with Crippen LogP contribution in [0.3, 0.4) is 0 Å². The van der Waals surface area contributed by atoms with Crippen molar-refractivity contribution in [2.24, 2.45) is 23.7 Å². The molecule has 62 heavy (non-hydrogen) atoms. The third kappa shape index (κ3) is 9.73. The Morgan fingerprint density at radius 2 is 1.63 bits per heavy atom. The van der Waals surface area contributed by atoms with E-state index in [1.54, 1.807) is 40.2 Å². The minimum absolute atomic E-state index is 0.00708. The van der Waals surface area contributed by atoms with Gasteiger partial charge in [0, 0.05) is 52.2 Å². The van der Waals surface area contributed by atoms with Crippen LogP contribution in [0.5, 0.6) is 0 Å². The number of ether oxygens (including phenoxy) is 10. The highest BCUT2D eigenvalue weighted by molar-refractivity contribution is 5.78. The van der Waals surface area contributed by atoms with Gasteiger partial charge in [-0.25, -0.2) is 0 Å². The molecule has 14 nitrogen and oxygen atoms in total. The average molecular weight is 875 g/mol. The minimum atomic E-state index is -1.82. The van der Waals surface area contributed by atoms with Crippen molar-refractivity contribution in [3.8, 4) is 0 Å². The van der Waals surface area contributed by atoms with Crippen LogP contribution in [0, 0.1) is 23.7 Å². The molecule has 6 heterocycles. The lowest BCUT2D eigenvalue weighted by Crippen LogP contribution is -2.58. The fourth-order valence-electron chi connectivity index (χ4n) is 11.0.